The second-order valence-electron chi connectivity index (χ2n) is 7.74. The third-order valence-corrected chi connectivity index (χ3v) is 5.69. The lowest BCUT2D eigenvalue weighted by atomic mass is 9.89. The molecule has 1 amide bonds. The first kappa shape index (κ1) is 24.7. The monoisotopic (exact) mass is 430 g/mol. The van der Waals surface area contributed by atoms with E-state index < -0.39 is 11.9 Å². The van der Waals surface area contributed by atoms with Gasteiger partial charge in [-0.1, -0.05) is 32.0 Å². The maximum atomic E-state index is 14.0. The predicted octanol–water partition coefficient (Wildman–Crippen LogP) is 5.96. The summed E-state index contributed by atoms with van der Waals surface area (Å²) in [4.78, 5) is 15.1. The van der Waals surface area contributed by atoms with Crippen LogP contribution in [0.1, 0.15) is 44.2 Å². The number of halogens is 1. The summed E-state index contributed by atoms with van der Waals surface area (Å²) in [6.07, 6.45) is 3.33. The number of hydrogen-bond donors (Lipinski definition) is 1. The fourth-order valence-electron chi connectivity index (χ4n) is 3.88. The van der Waals surface area contributed by atoms with Crippen LogP contribution in [0.2, 0.25) is 0 Å². The van der Waals surface area contributed by atoms with E-state index in [-0.39, 0.29) is 6.54 Å². The number of amides is 1. The Bertz CT molecular complexity index is 812. The van der Waals surface area contributed by atoms with Gasteiger partial charge in [-0.15, -0.1) is 0 Å². The average Bonchev–Trinajstić information content (AvgIpc) is 2.81. The molecule has 2 aromatic carbocycles. The summed E-state index contributed by atoms with van der Waals surface area (Å²) in [5, 5.41) is 9.35. The van der Waals surface area contributed by atoms with Crippen LogP contribution in [-0.2, 0) is 6.54 Å². The third kappa shape index (κ3) is 7.24. The highest BCUT2D eigenvalue weighted by atomic mass is 19.1. The van der Waals surface area contributed by atoms with E-state index in [2.05, 4.69) is 4.90 Å². The zero-order valence-electron chi connectivity index (χ0n) is 19.1. The van der Waals surface area contributed by atoms with Crippen LogP contribution in [0.15, 0.2) is 42.5 Å². The van der Waals surface area contributed by atoms with Crippen molar-refractivity contribution >= 4 is 11.8 Å². The van der Waals surface area contributed by atoms with Crippen LogP contribution in [-0.4, -0.2) is 42.8 Å². The molecule has 6 heteroatoms. The van der Waals surface area contributed by atoms with Gasteiger partial charge in [0, 0.05) is 17.3 Å². The molecular weight excluding hydrogens is 395 g/mol. The Hall–Kier alpha value is -2.60. The lowest BCUT2D eigenvalue weighted by Crippen LogP contribution is -2.41. The summed E-state index contributed by atoms with van der Waals surface area (Å²) in [6.45, 7) is 9.99. The third-order valence-electron chi connectivity index (χ3n) is 5.69. The van der Waals surface area contributed by atoms with Crippen LogP contribution in [0.3, 0.4) is 0 Å². The van der Waals surface area contributed by atoms with E-state index in [9.17, 15) is 14.3 Å². The number of benzene rings is 2. The number of methoxy groups -OCH3 is 1. The first-order valence-corrected chi connectivity index (χ1v) is 11.1. The maximum Gasteiger partial charge on any atom is 0.412 e. The number of anilines is 1. The fourth-order valence-corrected chi connectivity index (χ4v) is 3.88. The molecule has 2 bridgehead atoms. The van der Waals surface area contributed by atoms with Gasteiger partial charge in [0.05, 0.1) is 13.7 Å². The van der Waals surface area contributed by atoms with Crippen molar-refractivity contribution in [2.24, 2.45) is 5.92 Å². The molecule has 170 valence electrons. The molecule has 5 nitrogen and oxygen atoms in total. The topological polar surface area (TPSA) is 53.0 Å². The molecule has 2 aromatic rings. The smallest absolute Gasteiger partial charge is 0.412 e. The van der Waals surface area contributed by atoms with E-state index in [0.29, 0.717) is 17.0 Å². The molecule has 0 saturated carbocycles. The van der Waals surface area contributed by atoms with Gasteiger partial charge in [0.15, 0.2) is 0 Å². The Kier molecular flexibility index (Phi) is 9.79. The molecule has 31 heavy (non-hydrogen) atoms. The van der Waals surface area contributed by atoms with E-state index in [1.807, 2.05) is 26.8 Å². The van der Waals surface area contributed by atoms with Crippen LogP contribution in [0.4, 0.5) is 14.9 Å². The Morgan fingerprint density at radius 1 is 1.13 bits per heavy atom. The zero-order valence-corrected chi connectivity index (χ0v) is 19.1. The molecule has 3 aliphatic heterocycles. The van der Waals surface area contributed by atoms with Crippen molar-refractivity contribution in [1.82, 2.24) is 4.90 Å². The zero-order chi connectivity index (χ0) is 22.8. The largest absolute Gasteiger partial charge is 0.497 e. The molecule has 0 unspecified atom stereocenters. The highest BCUT2D eigenvalue weighted by Crippen LogP contribution is 2.26. The minimum atomic E-state index is -1.13. The number of carbonyl (C=O) groups is 1. The van der Waals surface area contributed by atoms with Crippen molar-refractivity contribution < 1.29 is 19.0 Å². The molecule has 0 spiro atoms. The normalized spacial score (nSPS) is 18.7. The van der Waals surface area contributed by atoms with Crippen molar-refractivity contribution in [2.45, 2.75) is 46.6 Å². The van der Waals surface area contributed by atoms with Crippen molar-refractivity contribution in [1.29, 1.82) is 0 Å². The van der Waals surface area contributed by atoms with Crippen LogP contribution in [0, 0.1) is 18.7 Å². The summed E-state index contributed by atoms with van der Waals surface area (Å²) in [5.41, 5.74) is 1.74. The molecule has 3 aliphatic rings. The van der Waals surface area contributed by atoms with E-state index in [1.165, 1.54) is 58.1 Å². The van der Waals surface area contributed by atoms with Crippen LogP contribution < -0.4 is 9.64 Å². The molecule has 3 heterocycles. The molecule has 3 fully saturated rings. The quantitative estimate of drug-likeness (QED) is 0.651. The summed E-state index contributed by atoms with van der Waals surface area (Å²) in [7, 11) is 1.45. The van der Waals surface area contributed by atoms with Crippen LogP contribution in [0.25, 0.3) is 0 Å². The van der Waals surface area contributed by atoms with Crippen molar-refractivity contribution in [3.05, 3.63) is 59.4 Å². The van der Waals surface area contributed by atoms with Gasteiger partial charge in [-0.2, -0.15) is 0 Å². The van der Waals surface area contributed by atoms with Gasteiger partial charge in [-0.25, -0.2) is 9.18 Å². The Morgan fingerprint density at radius 3 is 2.19 bits per heavy atom. The first-order chi connectivity index (χ1) is 15.0. The Morgan fingerprint density at radius 2 is 1.77 bits per heavy atom. The molecule has 0 atom stereocenters. The number of ether oxygens (including phenoxy) is 1. The average molecular weight is 431 g/mol. The molecule has 0 aromatic heterocycles. The molecule has 0 radical (unpaired) electrons. The number of carboxylic acid groups (broad SMARTS) is 1. The van der Waals surface area contributed by atoms with Gasteiger partial charge < -0.3 is 14.7 Å². The highest BCUT2D eigenvalue weighted by molar-refractivity contribution is 5.86. The van der Waals surface area contributed by atoms with Crippen LogP contribution in [0.5, 0.6) is 5.75 Å². The number of nitrogens with zero attached hydrogens (tertiary/aromatic N) is 2. The number of fused-ring (bicyclic) bond motifs is 3. The Labute approximate surface area is 185 Å². The van der Waals surface area contributed by atoms with Gasteiger partial charge in [0.25, 0.3) is 0 Å². The molecule has 1 N–H and O–H groups in total. The molecule has 3 saturated heterocycles. The van der Waals surface area contributed by atoms with Gasteiger partial charge in [0.2, 0.25) is 0 Å². The fraction of sp³-hybridized carbons (Fsp3) is 0.480. The number of aryl methyl sites for hydroxylation is 1. The van der Waals surface area contributed by atoms with Crippen molar-refractivity contribution in [3.63, 3.8) is 0 Å². The highest BCUT2D eigenvalue weighted by Gasteiger charge is 2.24. The second-order valence-corrected chi connectivity index (χ2v) is 7.74. The van der Waals surface area contributed by atoms with Gasteiger partial charge in [-0.3, -0.25) is 4.90 Å². The summed E-state index contributed by atoms with van der Waals surface area (Å²) >= 11 is 0. The standard InChI is InChI=1S/C16H16FNO3.C7H13N.C2H6/c1-11-4-3-5-13(8-11)18(16(19)20)10-12-6-7-14(21-2)9-15(12)17;1-4-8-5-2-7(1)3-6-8;1-2/h3-9H,10H2,1-2H3,(H,19,20);7H,1-6H2;1-2H3. The summed E-state index contributed by atoms with van der Waals surface area (Å²) < 4.78 is 18.9. The number of piperidine rings is 3. The molecule has 0 aliphatic carbocycles. The van der Waals surface area contributed by atoms with Crippen molar-refractivity contribution in [3.8, 4) is 5.75 Å². The molecular formula is C25H35FN2O3. The minimum absolute atomic E-state index is 0.0609. The van der Waals surface area contributed by atoms with Gasteiger partial charge in [-0.05, 0) is 75.5 Å². The lowest BCUT2D eigenvalue weighted by molar-refractivity contribution is 0.111. The minimum Gasteiger partial charge on any atom is -0.497 e. The number of hydrogen-bond acceptors (Lipinski definition) is 3. The van der Waals surface area contributed by atoms with Gasteiger partial charge >= 0.3 is 6.09 Å². The predicted molar refractivity (Wildman–Crippen MR) is 123 cm³/mol. The maximum absolute atomic E-state index is 14.0. The lowest BCUT2D eigenvalue weighted by Gasteiger charge is -2.38. The van der Waals surface area contributed by atoms with E-state index in [4.69, 9.17) is 4.74 Å². The van der Waals surface area contributed by atoms with E-state index in [1.54, 1.807) is 24.3 Å². The van der Waals surface area contributed by atoms with Crippen molar-refractivity contribution in [2.75, 3.05) is 31.6 Å². The first-order valence-electron chi connectivity index (χ1n) is 11.1. The Balaban J connectivity index is 0.000000280. The molecule has 5 rings (SSSR count). The SMILES string of the molecule is C1CN2CCC1CC2.CC.COc1ccc(CN(C(=O)O)c2cccc(C)c2)c(F)c1. The number of rotatable bonds is 4. The van der Waals surface area contributed by atoms with Gasteiger partial charge in [0.1, 0.15) is 11.6 Å². The second kappa shape index (κ2) is 12.3. The van der Waals surface area contributed by atoms with E-state index in [0.717, 1.165) is 16.4 Å². The van der Waals surface area contributed by atoms with Crippen LogP contribution >= 0.6 is 0 Å². The summed E-state index contributed by atoms with van der Waals surface area (Å²) in [6, 6.07) is 11.4. The summed E-state index contributed by atoms with van der Waals surface area (Å²) in [5.74, 6) is 1.02. The van der Waals surface area contributed by atoms with E-state index >= 15 is 0 Å².